The van der Waals surface area contributed by atoms with Crippen LogP contribution in [0.2, 0.25) is 0 Å². The summed E-state index contributed by atoms with van der Waals surface area (Å²) in [4.78, 5) is 72.9. The minimum atomic E-state index is -4.96. The monoisotopic (exact) mass is 1400 g/mol. The van der Waals surface area contributed by atoms with E-state index in [1.807, 2.05) is 0 Å². The lowest BCUT2D eigenvalue weighted by Crippen LogP contribution is -2.30. The largest absolute Gasteiger partial charge is 0.472 e. The van der Waals surface area contributed by atoms with Crippen LogP contribution in [0.25, 0.3) is 0 Å². The fraction of sp³-hybridized carbons (Fsp3) is 0.947. The summed E-state index contributed by atoms with van der Waals surface area (Å²) in [5.74, 6) is -1.35. The molecule has 5 atom stereocenters. The molecule has 0 spiro atoms. The first-order valence-electron chi connectivity index (χ1n) is 39.6. The lowest BCUT2D eigenvalue weighted by molar-refractivity contribution is -0.161. The molecule has 0 fully saturated rings. The zero-order chi connectivity index (χ0) is 69.8. The molecule has 3 N–H and O–H groups in total. The SMILES string of the molecule is CCCCCCCCCCCCCCCCCCC(=O)O[C@H](COC(=O)CCCCCCCCCCCCC(C)C)COP(=O)(O)OC[C@@H](O)COP(=O)(O)OC[C@@H](COC(=O)CCCCCCCCCCCCCCC)OC(=O)CCCCCCCCCCCCCCC. The molecule has 0 saturated carbocycles. The Hall–Kier alpha value is -1.94. The zero-order valence-corrected chi connectivity index (χ0v) is 63.6. The number of aliphatic hydroxyl groups excluding tert-OH is 1. The van der Waals surface area contributed by atoms with Gasteiger partial charge in [-0.25, -0.2) is 9.13 Å². The van der Waals surface area contributed by atoms with Crippen molar-refractivity contribution in [2.75, 3.05) is 39.6 Å². The van der Waals surface area contributed by atoms with Gasteiger partial charge < -0.3 is 33.8 Å². The molecular formula is C76H148O17P2. The summed E-state index contributed by atoms with van der Waals surface area (Å²) < 4.78 is 68.6. The molecule has 0 heterocycles. The summed E-state index contributed by atoms with van der Waals surface area (Å²) in [6, 6.07) is 0. The van der Waals surface area contributed by atoms with E-state index in [9.17, 15) is 43.2 Å². The maximum atomic E-state index is 13.1. The molecule has 17 nitrogen and oxygen atoms in total. The van der Waals surface area contributed by atoms with Crippen LogP contribution in [-0.4, -0.2) is 96.7 Å². The Morgan fingerprint density at radius 2 is 0.484 bits per heavy atom. The average molecular weight is 1400 g/mol. The highest BCUT2D eigenvalue weighted by Gasteiger charge is 2.30. The highest BCUT2D eigenvalue weighted by Crippen LogP contribution is 2.45. The lowest BCUT2D eigenvalue weighted by atomic mass is 10.0. The number of esters is 4. The van der Waals surface area contributed by atoms with E-state index < -0.39 is 97.5 Å². The van der Waals surface area contributed by atoms with E-state index >= 15 is 0 Å². The lowest BCUT2D eigenvalue weighted by Gasteiger charge is -2.21. The molecule has 0 aliphatic heterocycles. The normalized spacial score (nSPS) is 13.9. The minimum absolute atomic E-state index is 0.108. The van der Waals surface area contributed by atoms with Crippen LogP contribution in [0.5, 0.6) is 0 Å². The van der Waals surface area contributed by atoms with E-state index in [1.54, 1.807) is 0 Å². The van der Waals surface area contributed by atoms with Gasteiger partial charge in [-0.15, -0.1) is 0 Å². The number of phosphoric ester groups is 2. The third-order valence-corrected chi connectivity index (χ3v) is 19.7. The topological polar surface area (TPSA) is 237 Å². The Bertz CT molecular complexity index is 1820. The first kappa shape index (κ1) is 93.1. The molecule has 0 aliphatic rings. The first-order chi connectivity index (χ1) is 46.0. The van der Waals surface area contributed by atoms with Crippen molar-refractivity contribution in [2.24, 2.45) is 5.92 Å². The number of ether oxygens (including phenoxy) is 4. The second-order valence-corrected chi connectivity index (χ2v) is 30.8. The van der Waals surface area contributed by atoms with Crippen LogP contribution in [-0.2, 0) is 65.4 Å². The van der Waals surface area contributed by atoms with Gasteiger partial charge in [0.05, 0.1) is 26.4 Å². The molecule has 0 saturated heterocycles. The van der Waals surface area contributed by atoms with Gasteiger partial charge in [-0.3, -0.25) is 37.3 Å². The quantitative estimate of drug-likeness (QED) is 0.0222. The second kappa shape index (κ2) is 69.2. The van der Waals surface area contributed by atoms with Gasteiger partial charge in [0.25, 0.3) is 0 Å². The van der Waals surface area contributed by atoms with Crippen LogP contribution in [0.4, 0.5) is 0 Å². The molecule has 0 rings (SSSR count). The van der Waals surface area contributed by atoms with Crippen LogP contribution < -0.4 is 0 Å². The fourth-order valence-corrected chi connectivity index (χ4v) is 13.3. The highest BCUT2D eigenvalue weighted by atomic mass is 31.2. The van der Waals surface area contributed by atoms with E-state index in [2.05, 4.69) is 34.6 Å². The highest BCUT2D eigenvalue weighted by molar-refractivity contribution is 7.47. The summed E-state index contributed by atoms with van der Waals surface area (Å²) in [6.07, 6.45) is 58.0. The number of phosphoric acid groups is 2. The molecular weight excluding hydrogens is 1250 g/mol. The van der Waals surface area contributed by atoms with Gasteiger partial charge in [0, 0.05) is 25.7 Å². The summed E-state index contributed by atoms with van der Waals surface area (Å²) >= 11 is 0. The van der Waals surface area contributed by atoms with E-state index in [1.165, 1.54) is 225 Å². The van der Waals surface area contributed by atoms with Crippen LogP contribution in [0.3, 0.4) is 0 Å². The fourth-order valence-electron chi connectivity index (χ4n) is 11.7. The molecule has 0 amide bonds. The van der Waals surface area contributed by atoms with Crippen LogP contribution in [0.1, 0.15) is 401 Å². The van der Waals surface area contributed by atoms with Crippen LogP contribution >= 0.6 is 15.6 Å². The third-order valence-electron chi connectivity index (χ3n) is 17.8. The van der Waals surface area contributed by atoms with E-state index in [4.69, 9.17) is 37.0 Å². The summed E-state index contributed by atoms with van der Waals surface area (Å²) in [5.41, 5.74) is 0. The van der Waals surface area contributed by atoms with Crippen molar-refractivity contribution < 1.29 is 80.2 Å². The molecule has 0 aromatic carbocycles. The number of hydrogen-bond donors (Lipinski definition) is 3. The van der Waals surface area contributed by atoms with Crippen molar-refractivity contribution >= 4 is 39.5 Å². The molecule has 0 aromatic rings. The van der Waals surface area contributed by atoms with Gasteiger partial charge in [0.1, 0.15) is 19.3 Å². The molecule has 0 bridgehead atoms. The number of aliphatic hydroxyl groups is 1. The Labute approximate surface area is 581 Å². The third kappa shape index (κ3) is 70.3. The van der Waals surface area contributed by atoms with Crippen LogP contribution in [0.15, 0.2) is 0 Å². The average Bonchev–Trinajstić information content (AvgIpc) is 1.39. The number of carbonyl (C=O) groups excluding carboxylic acids is 4. The maximum absolute atomic E-state index is 13.1. The summed E-state index contributed by atoms with van der Waals surface area (Å²) in [6.45, 7) is 7.30. The van der Waals surface area contributed by atoms with Crippen molar-refractivity contribution in [3.63, 3.8) is 0 Å². The van der Waals surface area contributed by atoms with Gasteiger partial charge in [-0.2, -0.15) is 0 Å². The van der Waals surface area contributed by atoms with Gasteiger partial charge in [0.2, 0.25) is 0 Å². The zero-order valence-electron chi connectivity index (χ0n) is 61.8. The molecule has 0 aromatic heterocycles. The van der Waals surface area contributed by atoms with Gasteiger partial charge in [-0.05, 0) is 31.6 Å². The number of unbranched alkanes of at least 4 members (excludes halogenated alkanes) is 48. The Balaban J connectivity index is 5.26. The van der Waals surface area contributed by atoms with Crippen molar-refractivity contribution in [3.8, 4) is 0 Å². The summed E-state index contributed by atoms with van der Waals surface area (Å²) in [7, 11) is -9.91. The maximum Gasteiger partial charge on any atom is 0.472 e. The Morgan fingerprint density at radius 3 is 0.716 bits per heavy atom. The van der Waals surface area contributed by atoms with Gasteiger partial charge in [-0.1, -0.05) is 349 Å². The van der Waals surface area contributed by atoms with E-state index in [0.29, 0.717) is 25.7 Å². The molecule has 2 unspecified atom stereocenters. The molecule has 0 radical (unpaired) electrons. The number of rotatable bonds is 76. The molecule has 95 heavy (non-hydrogen) atoms. The van der Waals surface area contributed by atoms with Crippen molar-refractivity contribution in [3.05, 3.63) is 0 Å². The standard InChI is InChI=1S/C76H148O17P2/c1-6-9-12-15-18-21-24-27-28-29-32-35-42-47-52-57-62-76(81)93-72(66-87-74(79)60-55-50-45-40-37-36-38-43-48-53-58-69(4)5)68-91-95(84,85)89-64-70(77)63-88-94(82,83)90-67-71(92-75(80)61-56-51-46-41-34-31-26-23-20-17-14-11-8-3)65-86-73(78)59-54-49-44-39-33-30-25-22-19-16-13-10-7-2/h69-72,77H,6-68H2,1-5H3,(H,82,83)(H,84,85)/t70-,71+,72+/m0/s1. The van der Waals surface area contributed by atoms with Gasteiger partial charge in [0.15, 0.2) is 12.2 Å². The molecule has 0 aliphatic carbocycles. The Kier molecular flexibility index (Phi) is 67.7. The predicted molar refractivity (Wildman–Crippen MR) is 386 cm³/mol. The van der Waals surface area contributed by atoms with Crippen molar-refractivity contribution in [2.45, 2.75) is 419 Å². The Morgan fingerprint density at radius 1 is 0.284 bits per heavy atom. The van der Waals surface area contributed by atoms with Crippen molar-refractivity contribution in [1.29, 1.82) is 0 Å². The molecule has 564 valence electrons. The summed E-state index contributed by atoms with van der Waals surface area (Å²) in [5, 5.41) is 10.6. The van der Waals surface area contributed by atoms with Gasteiger partial charge >= 0.3 is 39.5 Å². The first-order valence-corrected chi connectivity index (χ1v) is 42.6. The number of hydrogen-bond acceptors (Lipinski definition) is 15. The number of carbonyl (C=O) groups is 4. The van der Waals surface area contributed by atoms with Crippen molar-refractivity contribution in [1.82, 2.24) is 0 Å². The van der Waals surface area contributed by atoms with E-state index in [-0.39, 0.29) is 25.7 Å². The minimum Gasteiger partial charge on any atom is -0.462 e. The second-order valence-electron chi connectivity index (χ2n) is 27.9. The molecule has 19 heteroatoms. The smallest absolute Gasteiger partial charge is 0.462 e. The van der Waals surface area contributed by atoms with E-state index in [0.717, 1.165) is 95.8 Å². The predicted octanol–water partition coefficient (Wildman–Crippen LogP) is 22.5. The van der Waals surface area contributed by atoms with Crippen LogP contribution in [0, 0.1) is 5.92 Å².